The van der Waals surface area contributed by atoms with Crippen LogP contribution >= 0.6 is 0 Å². The number of rotatable bonds is 5. The van der Waals surface area contributed by atoms with Gasteiger partial charge in [-0.2, -0.15) is 0 Å². The minimum atomic E-state index is -0.169. The highest BCUT2D eigenvalue weighted by Crippen LogP contribution is 2.27. The van der Waals surface area contributed by atoms with Gasteiger partial charge in [-0.1, -0.05) is 18.0 Å². The largest absolute Gasteiger partial charge is 0.361 e. The van der Waals surface area contributed by atoms with Gasteiger partial charge in [-0.05, 0) is 32.1 Å². The Kier molecular flexibility index (Phi) is 4.71. The van der Waals surface area contributed by atoms with Gasteiger partial charge in [0.2, 0.25) is 0 Å². The summed E-state index contributed by atoms with van der Waals surface area (Å²) in [5, 5.41) is 6.72. The normalized spacial score (nSPS) is 23.0. The van der Waals surface area contributed by atoms with E-state index in [9.17, 15) is 9.59 Å². The van der Waals surface area contributed by atoms with Gasteiger partial charge >= 0.3 is 0 Å². The summed E-state index contributed by atoms with van der Waals surface area (Å²) in [4.78, 5) is 22.4. The fourth-order valence-corrected chi connectivity index (χ4v) is 2.72. The Morgan fingerprint density at radius 2 is 2.42 bits per heavy atom. The third-order valence-electron chi connectivity index (χ3n) is 3.67. The van der Waals surface area contributed by atoms with Crippen LogP contribution in [0.1, 0.15) is 54.8 Å². The van der Waals surface area contributed by atoms with Crippen LogP contribution in [0.4, 0.5) is 0 Å². The average Bonchev–Trinajstić information content (AvgIpc) is 2.83. The highest BCUT2D eigenvalue weighted by Gasteiger charge is 2.24. The van der Waals surface area contributed by atoms with Gasteiger partial charge in [-0.3, -0.25) is 4.79 Å². The molecule has 1 N–H and O–H groups in total. The topological polar surface area (TPSA) is 72.2 Å². The van der Waals surface area contributed by atoms with Crippen LogP contribution in [0.25, 0.3) is 0 Å². The summed E-state index contributed by atoms with van der Waals surface area (Å²) < 4.78 is 4.90. The van der Waals surface area contributed by atoms with E-state index >= 15 is 0 Å². The molecule has 0 aliphatic heterocycles. The molecule has 0 bridgehead atoms. The Morgan fingerprint density at radius 1 is 1.58 bits per heavy atom. The average molecular weight is 264 g/mol. The van der Waals surface area contributed by atoms with Crippen molar-refractivity contribution in [3.8, 4) is 0 Å². The predicted molar refractivity (Wildman–Crippen MR) is 69.8 cm³/mol. The Hall–Kier alpha value is -1.65. The number of hydrogen-bond acceptors (Lipinski definition) is 4. The van der Waals surface area contributed by atoms with Gasteiger partial charge in [0.25, 0.3) is 5.91 Å². The molecule has 0 saturated heterocycles. The molecular formula is C14H20N2O3. The smallest absolute Gasteiger partial charge is 0.273 e. The molecule has 5 heteroatoms. The van der Waals surface area contributed by atoms with Crippen LogP contribution in [0.3, 0.4) is 0 Å². The van der Waals surface area contributed by atoms with E-state index in [1.807, 2.05) is 0 Å². The first-order chi connectivity index (χ1) is 9.19. The number of carbonyl (C=O) groups is 2. The van der Waals surface area contributed by atoms with E-state index in [0.29, 0.717) is 23.8 Å². The first-order valence-corrected chi connectivity index (χ1v) is 6.87. The van der Waals surface area contributed by atoms with Gasteiger partial charge in [0.15, 0.2) is 5.69 Å². The summed E-state index contributed by atoms with van der Waals surface area (Å²) in [7, 11) is 0. The first-order valence-electron chi connectivity index (χ1n) is 6.87. The van der Waals surface area contributed by atoms with Gasteiger partial charge in [0, 0.05) is 18.5 Å². The number of aryl methyl sites for hydroxylation is 1. The minimum Gasteiger partial charge on any atom is -0.361 e. The second-order valence-corrected chi connectivity index (χ2v) is 5.27. The number of nitrogens with zero attached hydrogens (tertiary/aromatic N) is 1. The summed E-state index contributed by atoms with van der Waals surface area (Å²) in [6, 6.07) is 1.83. The lowest BCUT2D eigenvalue weighted by atomic mass is 9.83. The Balaban J connectivity index is 1.84. The molecule has 1 aliphatic rings. The molecule has 1 saturated carbocycles. The number of carbonyl (C=O) groups excluding carboxylic acids is 2. The van der Waals surface area contributed by atoms with Gasteiger partial charge in [0.1, 0.15) is 12.0 Å². The van der Waals surface area contributed by atoms with Crippen LogP contribution in [-0.4, -0.2) is 23.4 Å². The maximum Gasteiger partial charge on any atom is 0.273 e. The minimum absolute atomic E-state index is 0.169. The molecule has 1 amide bonds. The van der Waals surface area contributed by atoms with Gasteiger partial charge < -0.3 is 14.6 Å². The second kappa shape index (κ2) is 6.50. The van der Waals surface area contributed by atoms with Crippen LogP contribution in [-0.2, 0) is 4.79 Å². The van der Waals surface area contributed by atoms with Crippen LogP contribution in [0.15, 0.2) is 10.6 Å². The molecule has 0 unspecified atom stereocenters. The highest BCUT2D eigenvalue weighted by molar-refractivity contribution is 5.92. The standard InChI is InChI=1S/C14H20N2O3/c1-10-8-13(16-19-10)14(18)15-12-6-2-4-11(9-12)5-3-7-17/h7-8,11-12H,2-6,9H2,1H3,(H,15,18)/t11-,12-/m1/s1. The third kappa shape index (κ3) is 3.91. The zero-order valence-corrected chi connectivity index (χ0v) is 11.2. The Bertz CT molecular complexity index is 442. The van der Waals surface area contributed by atoms with E-state index in [2.05, 4.69) is 10.5 Å². The molecule has 1 aliphatic carbocycles. The molecule has 1 fully saturated rings. The van der Waals surface area contributed by atoms with E-state index in [1.165, 1.54) is 0 Å². The predicted octanol–water partition coefficient (Wildman–Crippen LogP) is 2.25. The van der Waals surface area contributed by atoms with Crippen molar-refractivity contribution in [2.75, 3.05) is 0 Å². The molecule has 2 atom stereocenters. The number of amides is 1. The van der Waals surface area contributed by atoms with Crippen molar-refractivity contribution < 1.29 is 14.1 Å². The molecule has 1 aromatic rings. The van der Waals surface area contributed by atoms with E-state index in [1.54, 1.807) is 13.0 Å². The van der Waals surface area contributed by atoms with E-state index in [-0.39, 0.29) is 11.9 Å². The summed E-state index contributed by atoms with van der Waals surface area (Å²) >= 11 is 0. The SMILES string of the molecule is Cc1cc(C(=O)N[C@@H]2CCC[C@H](CCC=O)C2)no1. The molecule has 0 aromatic carbocycles. The van der Waals surface area contributed by atoms with Gasteiger partial charge in [-0.25, -0.2) is 0 Å². The van der Waals surface area contributed by atoms with Crippen molar-refractivity contribution in [1.29, 1.82) is 0 Å². The number of aldehydes is 1. The quantitative estimate of drug-likeness (QED) is 0.828. The van der Waals surface area contributed by atoms with Crippen LogP contribution < -0.4 is 5.32 Å². The highest BCUT2D eigenvalue weighted by atomic mass is 16.5. The lowest BCUT2D eigenvalue weighted by Gasteiger charge is -2.29. The maximum atomic E-state index is 12.0. The number of hydrogen-bond donors (Lipinski definition) is 1. The van der Waals surface area contributed by atoms with Crippen LogP contribution in [0.5, 0.6) is 0 Å². The molecule has 1 heterocycles. The molecule has 1 aromatic heterocycles. The van der Waals surface area contributed by atoms with Crippen molar-refractivity contribution in [3.05, 3.63) is 17.5 Å². The van der Waals surface area contributed by atoms with Crippen molar-refractivity contribution in [1.82, 2.24) is 10.5 Å². The molecule has 0 spiro atoms. The van der Waals surface area contributed by atoms with Gasteiger partial charge in [0.05, 0.1) is 0 Å². The van der Waals surface area contributed by atoms with Crippen LogP contribution in [0, 0.1) is 12.8 Å². The third-order valence-corrected chi connectivity index (χ3v) is 3.67. The fourth-order valence-electron chi connectivity index (χ4n) is 2.72. The van der Waals surface area contributed by atoms with E-state index in [4.69, 9.17) is 4.52 Å². The number of aromatic nitrogens is 1. The molecule has 2 rings (SSSR count). The van der Waals surface area contributed by atoms with Crippen molar-refractivity contribution in [2.45, 2.75) is 51.5 Å². The van der Waals surface area contributed by atoms with Crippen molar-refractivity contribution in [3.63, 3.8) is 0 Å². The van der Waals surface area contributed by atoms with Gasteiger partial charge in [-0.15, -0.1) is 0 Å². The van der Waals surface area contributed by atoms with E-state index < -0.39 is 0 Å². The zero-order chi connectivity index (χ0) is 13.7. The molecule has 5 nitrogen and oxygen atoms in total. The molecular weight excluding hydrogens is 244 g/mol. The lowest BCUT2D eigenvalue weighted by molar-refractivity contribution is -0.108. The van der Waals surface area contributed by atoms with E-state index in [0.717, 1.165) is 38.4 Å². The Labute approximate surface area is 112 Å². The first kappa shape index (κ1) is 13.8. The molecule has 19 heavy (non-hydrogen) atoms. The summed E-state index contributed by atoms with van der Waals surface area (Å²) in [5.41, 5.74) is 0.340. The maximum absolute atomic E-state index is 12.0. The summed E-state index contributed by atoms with van der Waals surface area (Å²) in [6.45, 7) is 1.76. The number of nitrogens with one attached hydrogen (secondary N) is 1. The lowest BCUT2D eigenvalue weighted by Crippen LogP contribution is -2.38. The summed E-state index contributed by atoms with van der Waals surface area (Å²) in [5.74, 6) is 1.01. The Morgan fingerprint density at radius 3 is 3.11 bits per heavy atom. The van der Waals surface area contributed by atoms with Crippen molar-refractivity contribution >= 4 is 12.2 Å². The zero-order valence-electron chi connectivity index (χ0n) is 11.2. The van der Waals surface area contributed by atoms with Crippen LogP contribution in [0.2, 0.25) is 0 Å². The monoisotopic (exact) mass is 264 g/mol. The second-order valence-electron chi connectivity index (χ2n) is 5.27. The van der Waals surface area contributed by atoms with Crippen molar-refractivity contribution in [2.24, 2.45) is 5.92 Å². The molecule has 0 radical (unpaired) electrons. The summed E-state index contributed by atoms with van der Waals surface area (Å²) in [6.07, 6.45) is 6.74. The fraction of sp³-hybridized carbons (Fsp3) is 0.643. The molecule has 104 valence electrons.